The SMILES string of the molecule is CCn1c2ccccc2c2cc(-n3nncc3-c3ccsc3)ccc21. The molecule has 122 valence electrons. The number of aromatic nitrogens is 4. The molecule has 4 nitrogen and oxygen atoms in total. The summed E-state index contributed by atoms with van der Waals surface area (Å²) in [6, 6.07) is 17.2. The van der Waals surface area contributed by atoms with Crippen molar-refractivity contribution in [3.8, 4) is 16.9 Å². The number of fused-ring (bicyclic) bond motifs is 3. The molecule has 5 rings (SSSR count). The number of hydrogen-bond donors (Lipinski definition) is 0. The summed E-state index contributed by atoms with van der Waals surface area (Å²) < 4.78 is 4.27. The monoisotopic (exact) mass is 344 g/mol. The zero-order valence-corrected chi connectivity index (χ0v) is 14.6. The van der Waals surface area contributed by atoms with Crippen molar-refractivity contribution in [2.75, 3.05) is 0 Å². The van der Waals surface area contributed by atoms with Crippen LogP contribution in [-0.4, -0.2) is 19.6 Å². The molecule has 0 N–H and O–H groups in total. The molecule has 0 aliphatic rings. The van der Waals surface area contributed by atoms with Crippen molar-refractivity contribution in [2.24, 2.45) is 0 Å². The van der Waals surface area contributed by atoms with Crippen LogP contribution in [0.4, 0.5) is 0 Å². The molecule has 0 bridgehead atoms. The molecule has 0 spiro atoms. The second-order valence-corrected chi connectivity index (χ2v) is 6.79. The van der Waals surface area contributed by atoms with Crippen molar-refractivity contribution in [1.29, 1.82) is 0 Å². The molecule has 0 aliphatic heterocycles. The van der Waals surface area contributed by atoms with Gasteiger partial charge in [-0.15, -0.1) is 5.10 Å². The third kappa shape index (κ3) is 2.13. The van der Waals surface area contributed by atoms with Crippen molar-refractivity contribution in [3.63, 3.8) is 0 Å². The van der Waals surface area contributed by atoms with E-state index in [1.165, 1.54) is 21.8 Å². The Bertz CT molecular complexity index is 1180. The lowest BCUT2D eigenvalue weighted by Crippen LogP contribution is -1.99. The first-order chi connectivity index (χ1) is 12.4. The van der Waals surface area contributed by atoms with E-state index in [0.29, 0.717) is 0 Å². The third-order valence-electron chi connectivity index (χ3n) is 4.68. The van der Waals surface area contributed by atoms with Gasteiger partial charge in [0.15, 0.2) is 0 Å². The molecule has 2 aromatic carbocycles. The van der Waals surface area contributed by atoms with Crippen molar-refractivity contribution >= 4 is 33.1 Å². The van der Waals surface area contributed by atoms with E-state index in [1.54, 1.807) is 11.3 Å². The molecule has 25 heavy (non-hydrogen) atoms. The molecule has 0 unspecified atom stereocenters. The molecule has 0 saturated heterocycles. The van der Waals surface area contributed by atoms with Crippen molar-refractivity contribution in [3.05, 3.63) is 65.5 Å². The van der Waals surface area contributed by atoms with Crippen molar-refractivity contribution in [2.45, 2.75) is 13.5 Å². The van der Waals surface area contributed by atoms with Gasteiger partial charge < -0.3 is 4.57 Å². The third-order valence-corrected chi connectivity index (χ3v) is 5.37. The minimum absolute atomic E-state index is 0.951. The normalized spacial score (nSPS) is 11.6. The minimum Gasteiger partial charge on any atom is -0.341 e. The summed E-state index contributed by atoms with van der Waals surface area (Å²) in [6.45, 7) is 3.14. The molecule has 5 aromatic rings. The number of rotatable bonds is 3. The van der Waals surface area contributed by atoms with E-state index in [0.717, 1.165) is 23.5 Å². The summed E-state index contributed by atoms with van der Waals surface area (Å²) in [7, 11) is 0. The maximum absolute atomic E-state index is 4.32. The van der Waals surface area contributed by atoms with Gasteiger partial charge in [-0.1, -0.05) is 23.4 Å². The molecule has 0 fully saturated rings. The first-order valence-corrected chi connectivity index (χ1v) is 9.25. The lowest BCUT2D eigenvalue weighted by molar-refractivity contribution is 0.807. The second-order valence-electron chi connectivity index (χ2n) is 6.01. The number of thiophene rings is 1. The van der Waals surface area contributed by atoms with Crippen LogP contribution in [0.25, 0.3) is 38.8 Å². The molecular formula is C20H16N4S. The van der Waals surface area contributed by atoms with Gasteiger partial charge in [-0.3, -0.25) is 0 Å². The molecule has 0 aliphatic carbocycles. The highest BCUT2D eigenvalue weighted by atomic mass is 32.1. The van der Waals surface area contributed by atoms with Crippen molar-refractivity contribution < 1.29 is 0 Å². The Balaban J connectivity index is 1.77. The van der Waals surface area contributed by atoms with Gasteiger partial charge in [0.2, 0.25) is 0 Å². The van der Waals surface area contributed by atoms with Gasteiger partial charge in [0.25, 0.3) is 0 Å². The van der Waals surface area contributed by atoms with E-state index < -0.39 is 0 Å². The fourth-order valence-corrected chi connectivity index (χ4v) is 4.20. The lowest BCUT2D eigenvalue weighted by Gasteiger charge is -2.06. The number of aryl methyl sites for hydroxylation is 1. The van der Waals surface area contributed by atoms with E-state index in [9.17, 15) is 0 Å². The lowest BCUT2D eigenvalue weighted by atomic mass is 10.1. The Kier molecular flexibility index (Phi) is 3.21. The Morgan fingerprint density at radius 2 is 1.88 bits per heavy atom. The summed E-state index contributed by atoms with van der Waals surface area (Å²) in [6.07, 6.45) is 1.82. The Labute approximate surface area is 148 Å². The predicted molar refractivity (Wildman–Crippen MR) is 103 cm³/mol. The zero-order chi connectivity index (χ0) is 16.8. The molecule has 5 heteroatoms. The van der Waals surface area contributed by atoms with Crippen LogP contribution in [0, 0.1) is 0 Å². The number of hydrogen-bond acceptors (Lipinski definition) is 3. The van der Waals surface area contributed by atoms with Crippen LogP contribution in [0.2, 0.25) is 0 Å². The number of nitrogens with zero attached hydrogens (tertiary/aromatic N) is 4. The van der Waals surface area contributed by atoms with E-state index in [4.69, 9.17) is 0 Å². The molecular weight excluding hydrogens is 328 g/mol. The maximum Gasteiger partial charge on any atom is 0.0952 e. The molecule has 0 radical (unpaired) electrons. The first kappa shape index (κ1) is 14.4. The molecule has 0 atom stereocenters. The highest BCUT2D eigenvalue weighted by Crippen LogP contribution is 2.31. The highest BCUT2D eigenvalue weighted by molar-refractivity contribution is 7.08. The second kappa shape index (κ2) is 5.57. The van der Waals surface area contributed by atoms with Crippen LogP contribution in [0.3, 0.4) is 0 Å². The van der Waals surface area contributed by atoms with Gasteiger partial charge in [-0.25, -0.2) is 4.68 Å². The minimum atomic E-state index is 0.951. The fraction of sp³-hybridized carbons (Fsp3) is 0.100. The Morgan fingerprint density at radius 3 is 2.72 bits per heavy atom. The van der Waals surface area contributed by atoms with E-state index in [-0.39, 0.29) is 0 Å². The van der Waals surface area contributed by atoms with Crippen LogP contribution >= 0.6 is 11.3 Å². The van der Waals surface area contributed by atoms with Gasteiger partial charge in [-0.05, 0) is 42.6 Å². The summed E-state index contributed by atoms with van der Waals surface area (Å²) in [5.74, 6) is 0. The molecule has 3 heterocycles. The number of para-hydroxylation sites is 1. The van der Waals surface area contributed by atoms with Gasteiger partial charge >= 0.3 is 0 Å². The Hall–Kier alpha value is -2.92. The smallest absolute Gasteiger partial charge is 0.0952 e. The van der Waals surface area contributed by atoms with Gasteiger partial charge in [0.1, 0.15) is 0 Å². The van der Waals surface area contributed by atoms with Crippen molar-refractivity contribution in [1.82, 2.24) is 19.6 Å². The summed E-state index contributed by atoms with van der Waals surface area (Å²) in [5, 5.41) is 15.2. The quantitative estimate of drug-likeness (QED) is 0.455. The summed E-state index contributed by atoms with van der Waals surface area (Å²) >= 11 is 1.68. The van der Waals surface area contributed by atoms with Crippen LogP contribution in [0.1, 0.15) is 6.92 Å². The topological polar surface area (TPSA) is 35.6 Å². The number of benzene rings is 2. The van der Waals surface area contributed by atoms with Gasteiger partial charge in [0.05, 0.1) is 17.6 Å². The average molecular weight is 344 g/mol. The summed E-state index contributed by atoms with van der Waals surface area (Å²) in [5.41, 5.74) is 5.72. The van der Waals surface area contributed by atoms with Crippen LogP contribution in [0.5, 0.6) is 0 Å². The largest absolute Gasteiger partial charge is 0.341 e. The predicted octanol–water partition coefficient (Wildman–Crippen LogP) is 5.12. The van der Waals surface area contributed by atoms with Crippen LogP contribution < -0.4 is 0 Å². The van der Waals surface area contributed by atoms with E-state index in [1.807, 2.05) is 10.9 Å². The molecule has 0 saturated carbocycles. The highest BCUT2D eigenvalue weighted by Gasteiger charge is 2.13. The standard InChI is InChI=1S/C20H16N4S/c1-2-23-18-6-4-3-5-16(18)17-11-15(7-8-19(17)23)24-20(12-21-22-24)14-9-10-25-13-14/h3-13H,2H2,1H3. The Morgan fingerprint density at radius 1 is 1.00 bits per heavy atom. The summed E-state index contributed by atoms with van der Waals surface area (Å²) in [4.78, 5) is 0. The van der Waals surface area contributed by atoms with Crippen LogP contribution in [-0.2, 0) is 6.54 Å². The fourth-order valence-electron chi connectivity index (χ4n) is 3.55. The maximum atomic E-state index is 4.32. The van der Waals surface area contributed by atoms with E-state index in [2.05, 4.69) is 81.1 Å². The average Bonchev–Trinajstić information content (AvgIpc) is 3.38. The first-order valence-electron chi connectivity index (χ1n) is 8.31. The molecule has 3 aromatic heterocycles. The van der Waals surface area contributed by atoms with E-state index >= 15 is 0 Å². The molecule has 0 amide bonds. The zero-order valence-electron chi connectivity index (χ0n) is 13.8. The van der Waals surface area contributed by atoms with Gasteiger partial charge in [0, 0.05) is 39.3 Å². The van der Waals surface area contributed by atoms with Gasteiger partial charge in [-0.2, -0.15) is 11.3 Å². The van der Waals surface area contributed by atoms with Crippen LogP contribution in [0.15, 0.2) is 65.5 Å².